The summed E-state index contributed by atoms with van der Waals surface area (Å²) in [5.74, 6) is -0.316. The largest absolute Gasteiger partial charge is 0.444 e. The van der Waals surface area contributed by atoms with Crippen molar-refractivity contribution in [2.45, 2.75) is 89.3 Å². The van der Waals surface area contributed by atoms with Crippen LogP contribution in [-0.4, -0.2) is 49.5 Å². The van der Waals surface area contributed by atoms with Gasteiger partial charge in [0.15, 0.2) is 5.82 Å². The van der Waals surface area contributed by atoms with Crippen LogP contribution in [0.25, 0.3) is 22.5 Å². The molecule has 0 unspecified atom stereocenters. The summed E-state index contributed by atoms with van der Waals surface area (Å²) in [4.78, 5) is 32.5. The molecule has 1 aliphatic heterocycles. The highest BCUT2D eigenvalue weighted by Crippen LogP contribution is 2.44. The Morgan fingerprint density at radius 3 is 2.43 bits per heavy atom. The number of fused-ring (bicyclic) bond motifs is 1. The molecular weight excluding hydrogens is 668 g/mol. The summed E-state index contributed by atoms with van der Waals surface area (Å²) in [6, 6.07) is 10.3. The van der Waals surface area contributed by atoms with E-state index in [4.69, 9.17) is 14.5 Å². The van der Waals surface area contributed by atoms with Crippen LogP contribution in [0.1, 0.15) is 91.5 Å². The number of carbonyl (C=O) groups excluding carboxylic acids is 2. The molecule has 2 aliphatic carbocycles. The summed E-state index contributed by atoms with van der Waals surface area (Å²) in [6.45, 7) is 4.82. The zero-order chi connectivity index (χ0) is 36.3. The summed E-state index contributed by atoms with van der Waals surface area (Å²) < 4.78 is 71.1. The minimum atomic E-state index is -4.74. The number of hydrogen-bond acceptors (Lipinski definition) is 7. The number of hydrogen-bond donors (Lipinski definition) is 1. The van der Waals surface area contributed by atoms with Crippen LogP contribution < -0.4 is 10.2 Å². The molecular formula is C37H38F4N6O4. The van der Waals surface area contributed by atoms with Gasteiger partial charge >= 0.3 is 12.3 Å². The summed E-state index contributed by atoms with van der Waals surface area (Å²) >= 11 is 0. The van der Waals surface area contributed by atoms with Gasteiger partial charge in [0, 0.05) is 29.8 Å². The smallest absolute Gasteiger partial charge is 0.416 e. The number of aromatic nitrogens is 4. The molecule has 2 amide bonds. The van der Waals surface area contributed by atoms with Gasteiger partial charge < -0.3 is 19.4 Å². The summed E-state index contributed by atoms with van der Waals surface area (Å²) in [6.07, 6.45) is 0.106. The summed E-state index contributed by atoms with van der Waals surface area (Å²) in [5, 5.41) is 11.0. The number of halogens is 4. The lowest BCUT2D eigenvalue weighted by atomic mass is 9.77. The van der Waals surface area contributed by atoms with Gasteiger partial charge in [0.25, 0.3) is 5.91 Å². The fraction of sp³-hybridized carbons (Fsp3) is 0.432. The molecule has 2 aromatic carbocycles. The number of amides is 2. The van der Waals surface area contributed by atoms with Crippen molar-refractivity contribution >= 4 is 17.8 Å². The monoisotopic (exact) mass is 706 g/mol. The van der Waals surface area contributed by atoms with E-state index in [2.05, 4.69) is 15.5 Å². The lowest BCUT2D eigenvalue weighted by Gasteiger charge is -2.42. The van der Waals surface area contributed by atoms with E-state index in [1.165, 1.54) is 29.4 Å². The van der Waals surface area contributed by atoms with Gasteiger partial charge in [0.1, 0.15) is 23.6 Å². The Bertz CT molecular complexity index is 2010. The Balaban J connectivity index is 1.18. The first-order valence-electron chi connectivity index (χ1n) is 16.9. The van der Waals surface area contributed by atoms with Crippen LogP contribution in [0, 0.1) is 5.82 Å². The number of benzene rings is 2. The van der Waals surface area contributed by atoms with Crippen LogP contribution in [0.3, 0.4) is 0 Å². The number of aryl methyl sites for hydroxylation is 1. The fourth-order valence-corrected chi connectivity index (χ4v) is 6.68. The van der Waals surface area contributed by atoms with Crippen molar-refractivity contribution in [1.29, 1.82) is 0 Å². The zero-order valence-corrected chi connectivity index (χ0v) is 28.7. The van der Waals surface area contributed by atoms with E-state index in [1.807, 2.05) is 6.07 Å². The second kappa shape index (κ2) is 12.7. The average molecular weight is 707 g/mol. The van der Waals surface area contributed by atoms with Gasteiger partial charge in [-0.2, -0.15) is 13.2 Å². The maximum Gasteiger partial charge on any atom is 0.416 e. The van der Waals surface area contributed by atoms with Gasteiger partial charge in [-0.05, 0) is 112 Å². The highest BCUT2D eigenvalue weighted by molar-refractivity contribution is 6.10. The van der Waals surface area contributed by atoms with Crippen LogP contribution in [0.5, 0.6) is 0 Å². The van der Waals surface area contributed by atoms with Gasteiger partial charge in [-0.1, -0.05) is 6.07 Å². The Morgan fingerprint density at radius 1 is 1.04 bits per heavy atom. The summed E-state index contributed by atoms with van der Waals surface area (Å²) in [7, 11) is 1.74. The van der Waals surface area contributed by atoms with Crippen molar-refractivity contribution < 1.29 is 36.6 Å². The van der Waals surface area contributed by atoms with Gasteiger partial charge in [-0.15, -0.1) is 10.2 Å². The van der Waals surface area contributed by atoms with Gasteiger partial charge in [-0.25, -0.2) is 14.2 Å². The van der Waals surface area contributed by atoms with Gasteiger partial charge in [0.05, 0.1) is 30.9 Å². The third-order valence-electron chi connectivity index (χ3n) is 9.48. The molecule has 0 radical (unpaired) electrons. The molecule has 0 spiro atoms. The van der Waals surface area contributed by atoms with Gasteiger partial charge in [-0.3, -0.25) is 9.69 Å². The third kappa shape index (κ3) is 7.19. The van der Waals surface area contributed by atoms with E-state index in [1.54, 1.807) is 44.5 Å². The standard InChI is InChI=1S/C37H38F4N6O4/c1-35(2,3)51-34(49)44-36(10-5-11-36)19-50-18-21-12-27-28(29(13-21)37(39,40)41)17-47(33(27)48)31-15-23(14-30(43-31)22-6-7-22)25-9-8-24(38)16-26(25)32-45-42-20-46(32)4/h8-9,12-16,20,22H,5-7,10-11,17-19H2,1-4H3,(H,44,49). The van der Waals surface area contributed by atoms with E-state index in [-0.39, 0.29) is 48.2 Å². The quantitative estimate of drug-likeness (QED) is 0.178. The van der Waals surface area contributed by atoms with Crippen LogP contribution in [-0.2, 0) is 35.8 Å². The molecule has 0 bridgehead atoms. The van der Waals surface area contributed by atoms with E-state index in [0.29, 0.717) is 41.1 Å². The van der Waals surface area contributed by atoms with Crippen molar-refractivity contribution in [3.63, 3.8) is 0 Å². The average Bonchev–Trinajstić information content (AvgIpc) is 3.72. The Hall–Kier alpha value is -4.85. The molecule has 0 atom stereocenters. The maximum absolute atomic E-state index is 14.6. The van der Waals surface area contributed by atoms with E-state index in [0.717, 1.165) is 25.3 Å². The normalized spacial score (nSPS) is 16.9. The van der Waals surface area contributed by atoms with Crippen LogP contribution in [0.4, 0.5) is 28.2 Å². The number of nitrogens with one attached hydrogen (secondary N) is 1. The molecule has 1 N–H and O–H groups in total. The molecule has 3 aliphatic rings. The molecule has 4 aromatic rings. The molecule has 14 heteroatoms. The van der Waals surface area contributed by atoms with Crippen molar-refractivity contribution in [2.24, 2.45) is 7.05 Å². The first-order valence-corrected chi connectivity index (χ1v) is 16.9. The van der Waals surface area contributed by atoms with E-state index < -0.39 is 40.7 Å². The van der Waals surface area contributed by atoms with Crippen molar-refractivity contribution in [1.82, 2.24) is 25.1 Å². The maximum atomic E-state index is 14.6. The number of alkyl halides is 3. The molecule has 51 heavy (non-hydrogen) atoms. The SMILES string of the molecule is Cn1cnnc1-c1cc(F)ccc1-c1cc(C2CC2)nc(N2Cc3c(cc(COCC4(NC(=O)OC(C)(C)C)CCC4)cc3C(F)(F)F)C2=O)c1. The van der Waals surface area contributed by atoms with Crippen molar-refractivity contribution in [2.75, 3.05) is 11.5 Å². The molecule has 2 saturated carbocycles. The molecule has 3 heterocycles. The predicted octanol–water partition coefficient (Wildman–Crippen LogP) is 7.70. The number of carbonyl (C=O) groups is 2. The third-order valence-corrected chi connectivity index (χ3v) is 9.48. The van der Waals surface area contributed by atoms with Gasteiger partial charge in [0.2, 0.25) is 0 Å². The second-order valence-electron chi connectivity index (χ2n) is 14.7. The van der Waals surface area contributed by atoms with Crippen molar-refractivity contribution in [3.05, 3.63) is 82.6 Å². The number of alkyl carbamates (subject to hydrolysis) is 1. The molecule has 268 valence electrons. The lowest BCUT2D eigenvalue weighted by molar-refractivity contribution is -0.138. The number of nitrogens with zero attached hydrogens (tertiary/aromatic N) is 5. The summed E-state index contributed by atoms with van der Waals surface area (Å²) in [5.41, 5.74) is 0.104. The molecule has 7 rings (SSSR count). The first kappa shape index (κ1) is 34.6. The van der Waals surface area contributed by atoms with E-state index >= 15 is 0 Å². The topological polar surface area (TPSA) is 111 Å². The number of rotatable bonds is 9. The predicted molar refractivity (Wildman–Crippen MR) is 179 cm³/mol. The minimum absolute atomic E-state index is 0.0737. The van der Waals surface area contributed by atoms with Crippen LogP contribution in [0.15, 0.2) is 48.8 Å². The second-order valence-corrected chi connectivity index (χ2v) is 14.7. The van der Waals surface area contributed by atoms with Crippen LogP contribution in [0.2, 0.25) is 0 Å². The van der Waals surface area contributed by atoms with Crippen LogP contribution >= 0.6 is 0 Å². The molecule has 10 nitrogen and oxygen atoms in total. The highest BCUT2D eigenvalue weighted by atomic mass is 19.4. The Labute approximate surface area is 292 Å². The number of anilines is 1. The lowest BCUT2D eigenvalue weighted by Crippen LogP contribution is -2.57. The van der Waals surface area contributed by atoms with Crippen molar-refractivity contribution in [3.8, 4) is 22.5 Å². The highest BCUT2D eigenvalue weighted by Gasteiger charge is 2.42. The molecule has 2 fully saturated rings. The number of ether oxygens (including phenoxy) is 2. The van der Waals surface area contributed by atoms with E-state index in [9.17, 15) is 27.2 Å². The number of pyridine rings is 1. The molecule has 0 saturated heterocycles. The zero-order valence-electron chi connectivity index (χ0n) is 28.7. The first-order chi connectivity index (χ1) is 24.1. The molecule has 2 aromatic heterocycles. The minimum Gasteiger partial charge on any atom is -0.444 e. The Kier molecular flexibility index (Phi) is 8.63. The fourth-order valence-electron chi connectivity index (χ4n) is 6.68. The Morgan fingerprint density at radius 2 is 1.80 bits per heavy atom.